The zero-order chi connectivity index (χ0) is 15.9. The van der Waals surface area contributed by atoms with E-state index in [4.69, 9.17) is 0 Å². The van der Waals surface area contributed by atoms with Crippen LogP contribution in [0.1, 0.15) is 23.8 Å². The van der Waals surface area contributed by atoms with Crippen molar-refractivity contribution in [3.8, 4) is 0 Å². The summed E-state index contributed by atoms with van der Waals surface area (Å²) in [6, 6.07) is 12.2. The molecule has 114 valence electrons. The van der Waals surface area contributed by atoms with E-state index in [9.17, 15) is 9.59 Å². The van der Waals surface area contributed by atoms with Crippen LogP contribution in [0.15, 0.2) is 59.9 Å². The summed E-state index contributed by atoms with van der Waals surface area (Å²) in [7, 11) is 0. The molecule has 0 aliphatic carbocycles. The summed E-state index contributed by atoms with van der Waals surface area (Å²) in [6.07, 6.45) is 2.44. The highest BCUT2D eigenvalue weighted by molar-refractivity contribution is 6.04. The summed E-state index contributed by atoms with van der Waals surface area (Å²) >= 11 is 0. The van der Waals surface area contributed by atoms with E-state index in [1.165, 1.54) is 16.8 Å². The van der Waals surface area contributed by atoms with Crippen molar-refractivity contribution in [1.82, 2.24) is 9.78 Å². The van der Waals surface area contributed by atoms with Crippen molar-refractivity contribution in [2.75, 3.05) is 11.4 Å². The molecule has 0 aliphatic heterocycles. The third kappa shape index (κ3) is 3.49. The maximum Gasteiger partial charge on any atom is 0.278 e. The fourth-order valence-corrected chi connectivity index (χ4v) is 2.12. The van der Waals surface area contributed by atoms with Gasteiger partial charge in [0.05, 0.1) is 0 Å². The van der Waals surface area contributed by atoms with E-state index in [-0.39, 0.29) is 17.2 Å². The molecule has 1 aromatic heterocycles. The molecule has 0 N–H and O–H groups in total. The third-order valence-corrected chi connectivity index (χ3v) is 3.15. The molecule has 5 heteroatoms. The zero-order valence-electron chi connectivity index (χ0n) is 12.6. The lowest BCUT2D eigenvalue weighted by Crippen LogP contribution is -2.34. The number of carbonyl (C=O) groups is 1. The lowest BCUT2D eigenvalue weighted by molar-refractivity contribution is 0.0982. The number of hydrogen-bond donors (Lipinski definition) is 0. The van der Waals surface area contributed by atoms with Gasteiger partial charge in [0.1, 0.15) is 5.69 Å². The number of anilines is 1. The first-order valence-electron chi connectivity index (χ1n) is 7.23. The van der Waals surface area contributed by atoms with Gasteiger partial charge in [-0.2, -0.15) is 5.10 Å². The van der Waals surface area contributed by atoms with Gasteiger partial charge in [-0.3, -0.25) is 9.59 Å². The monoisotopic (exact) mass is 297 g/mol. The fourth-order valence-electron chi connectivity index (χ4n) is 2.12. The Hall–Kier alpha value is -2.69. The van der Waals surface area contributed by atoms with Crippen LogP contribution in [0.3, 0.4) is 0 Å². The van der Waals surface area contributed by atoms with E-state index in [0.717, 1.165) is 12.1 Å². The van der Waals surface area contributed by atoms with Gasteiger partial charge in [0.25, 0.3) is 11.5 Å². The lowest BCUT2D eigenvalue weighted by atomic mass is 10.2. The van der Waals surface area contributed by atoms with Crippen molar-refractivity contribution in [1.29, 1.82) is 0 Å². The lowest BCUT2D eigenvalue weighted by Gasteiger charge is -2.21. The Kier molecular flexibility index (Phi) is 5.25. The van der Waals surface area contributed by atoms with Crippen molar-refractivity contribution in [3.63, 3.8) is 0 Å². The number of para-hydroxylation sites is 1. The summed E-state index contributed by atoms with van der Waals surface area (Å²) in [5, 5.41) is 4.17. The number of aromatic nitrogens is 2. The summed E-state index contributed by atoms with van der Waals surface area (Å²) in [6.45, 7) is 6.51. The average molecular weight is 297 g/mol. The standard InChI is InChI=1S/C17H19N3O2/c1-3-12-19(14-8-6-5-7-9-14)17(22)15-10-11-16(21)20(18-15)13-4-2/h3,5-11H,1,4,12-13H2,2H3. The number of nitrogens with zero attached hydrogens (tertiary/aromatic N) is 3. The van der Waals surface area contributed by atoms with Gasteiger partial charge in [-0.05, 0) is 24.6 Å². The maximum absolute atomic E-state index is 12.7. The molecule has 0 saturated carbocycles. The van der Waals surface area contributed by atoms with E-state index in [1.807, 2.05) is 37.3 Å². The highest BCUT2D eigenvalue weighted by Gasteiger charge is 2.18. The molecule has 0 bridgehead atoms. The second-order valence-electron chi connectivity index (χ2n) is 4.82. The molecule has 0 radical (unpaired) electrons. The molecular weight excluding hydrogens is 278 g/mol. The smallest absolute Gasteiger partial charge is 0.278 e. The van der Waals surface area contributed by atoms with Crippen LogP contribution >= 0.6 is 0 Å². The first-order chi connectivity index (χ1) is 10.7. The van der Waals surface area contributed by atoms with Gasteiger partial charge >= 0.3 is 0 Å². The Morgan fingerprint density at radius 1 is 1.27 bits per heavy atom. The Balaban J connectivity index is 2.37. The van der Waals surface area contributed by atoms with Crippen LogP contribution in [-0.2, 0) is 6.54 Å². The van der Waals surface area contributed by atoms with Crippen molar-refractivity contribution < 1.29 is 4.79 Å². The zero-order valence-corrected chi connectivity index (χ0v) is 12.6. The minimum absolute atomic E-state index is 0.201. The maximum atomic E-state index is 12.7. The molecular formula is C17H19N3O2. The van der Waals surface area contributed by atoms with E-state index in [2.05, 4.69) is 11.7 Å². The van der Waals surface area contributed by atoms with Gasteiger partial charge in [0.2, 0.25) is 0 Å². The molecule has 2 rings (SSSR count). The van der Waals surface area contributed by atoms with Crippen LogP contribution in [0, 0.1) is 0 Å². The largest absolute Gasteiger partial charge is 0.303 e. The number of aryl methyl sites for hydroxylation is 1. The van der Waals surface area contributed by atoms with Gasteiger partial charge in [0, 0.05) is 24.8 Å². The molecule has 0 saturated heterocycles. The van der Waals surface area contributed by atoms with E-state index in [1.54, 1.807) is 11.0 Å². The van der Waals surface area contributed by atoms with Crippen molar-refractivity contribution in [2.45, 2.75) is 19.9 Å². The number of rotatable bonds is 6. The number of amides is 1. The molecule has 2 aromatic rings. The first kappa shape index (κ1) is 15.7. The molecule has 1 amide bonds. The predicted molar refractivity (Wildman–Crippen MR) is 87.1 cm³/mol. The molecule has 1 heterocycles. The van der Waals surface area contributed by atoms with Crippen molar-refractivity contribution in [2.24, 2.45) is 0 Å². The van der Waals surface area contributed by atoms with Gasteiger partial charge in [-0.25, -0.2) is 4.68 Å². The molecule has 1 aromatic carbocycles. The summed E-state index contributed by atoms with van der Waals surface area (Å²) in [5.41, 5.74) is 0.814. The normalized spacial score (nSPS) is 10.2. The molecule has 0 aliphatic rings. The Labute approximate surface area is 129 Å². The van der Waals surface area contributed by atoms with Crippen LogP contribution in [0.4, 0.5) is 5.69 Å². The molecule has 0 fully saturated rings. The van der Waals surface area contributed by atoms with Crippen LogP contribution in [-0.4, -0.2) is 22.2 Å². The molecule has 0 unspecified atom stereocenters. The number of carbonyl (C=O) groups excluding carboxylic acids is 1. The van der Waals surface area contributed by atoms with Crippen LogP contribution in [0.5, 0.6) is 0 Å². The quantitative estimate of drug-likeness (QED) is 0.770. The third-order valence-electron chi connectivity index (χ3n) is 3.15. The fraction of sp³-hybridized carbons (Fsp3) is 0.235. The van der Waals surface area contributed by atoms with E-state index >= 15 is 0 Å². The van der Waals surface area contributed by atoms with Crippen LogP contribution < -0.4 is 10.5 Å². The minimum atomic E-state index is -0.254. The van der Waals surface area contributed by atoms with Crippen molar-refractivity contribution >= 4 is 11.6 Å². The average Bonchev–Trinajstić information content (AvgIpc) is 2.55. The van der Waals surface area contributed by atoms with Crippen LogP contribution in [0.25, 0.3) is 0 Å². The topological polar surface area (TPSA) is 55.2 Å². The van der Waals surface area contributed by atoms with Gasteiger partial charge in [-0.15, -0.1) is 6.58 Å². The van der Waals surface area contributed by atoms with E-state index in [0.29, 0.717) is 13.1 Å². The predicted octanol–water partition coefficient (Wildman–Crippen LogP) is 2.49. The SMILES string of the molecule is C=CCN(C(=O)c1ccc(=O)n(CCC)n1)c1ccccc1. The molecule has 0 atom stereocenters. The highest BCUT2D eigenvalue weighted by Crippen LogP contribution is 2.15. The summed E-state index contributed by atoms with van der Waals surface area (Å²) in [4.78, 5) is 26.0. The molecule has 5 nitrogen and oxygen atoms in total. The number of benzene rings is 1. The van der Waals surface area contributed by atoms with Gasteiger partial charge < -0.3 is 4.90 Å². The first-order valence-corrected chi connectivity index (χ1v) is 7.23. The molecule has 22 heavy (non-hydrogen) atoms. The second kappa shape index (κ2) is 7.36. The van der Waals surface area contributed by atoms with E-state index < -0.39 is 0 Å². The molecule has 0 spiro atoms. The van der Waals surface area contributed by atoms with Crippen molar-refractivity contribution in [3.05, 3.63) is 71.2 Å². The Morgan fingerprint density at radius 3 is 2.64 bits per heavy atom. The van der Waals surface area contributed by atoms with Gasteiger partial charge in [0.15, 0.2) is 0 Å². The summed E-state index contributed by atoms with van der Waals surface area (Å²) in [5.74, 6) is -0.254. The van der Waals surface area contributed by atoms with Gasteiger partial charge in [-0.1, -0.05) is 31.2 Å². The minimum Gasteiger partial charge on any atom is -0.303 e. The number of hydrogen-bond acceptors (Lipinski definition) is 3. The Morgan fingerprint density at radius 2 is 2.00 bits per heavy atom. The second-order valence-corrected chi connectivity index (χ2v) is 4.82. The summed E-state index contributed by atoms with van der Waals surface area (Å²) < 4.78 is 1.32. The Bertz CT molecular complexity index is 707. The van der Waals surface area contributed by atoms with Crippen LogP contribution in [0.2, 0.25) is 0 Å². The highest BCUT2D eigenvalue weighted by atomic mass is 16.2.